The molecule has 1 heterocycles. The van der Waals surface area contributed by atoms with E-state index in [0.717, 1.165) is 11.3 Å². The van der Waals surface area contributed by atoms with Crippen LogP contribution < -0.4 is 0 Å². The number of carbonyl (C=O) groups is 2. The van der Waals surface area contributed by atoms with E-state index in [9.17, 15) is 20.1 Å². The second kappa shape index (κ2) is 6.07. The molecule has 0 aliphatic carbocycles. The quantitative estimate of drug-likeness (QED) is 0.845. The summed E-state index contributed by atoms with van der Waals surface area (Å²) in [7, 11) is 6.39. The van der Waals surface area contributed by atoms with Crippen molar-refractivity contribution in [1.82, 2.24) is 9.80 Å². The first kappa shape index (κ1) is 16.5. The van der Waals surface area contributed by atoms with Crippen LogP contribution in [0, 0.1) is 22.7 Å². The zero-order valence-corrected chi connectivity index (χ0v) is 14.0. The van der Waals surface area contributed by atoms with Crippen LogP contribution >= 0.6 is 11.3 Å². The predicted molar refractivity (Wildman–Crippen MR) is 87.3 cm³/mol. The molecule has 6 nitrogen and oxygen atoms in total. The molecule has 2 rings (SSSR count). The molecule has 0 bridgehead atoms. The monoisotopic (exact) mass is 326 g/mol. The Morgan fingerprint density at radius 1 is 0.870 bits per heavy atom. The number of benzene rings is 1. The molecule has 1 aromatic heterocycles. The van der Waals surface area contributed by atoms with Crippen molar-refractivity contribution in [3.8, 4) is 12.1 Å². The number of thiophene rings is 1. The lowest BCUT2D eigenvalue weighted by atomic mass is 10.0. The predicted octanol–water partition coefficient (Wildman–Crippen LogP) is 2.05. The van der Waals surface area contributed by atoms with E-state index in [1.807, 2.05) is 12.1 Å². The number of nitrogens with zero attached hydrogens (tertiary/aromatic N) is 4. The van der Waals surface area contributed by atoms with Gasteiger partial charge in [-0.05, 0) is 12.1 Å². The molecule has 0 aliphatic heterocycles. The maximum absolute atomic E-state index is 12.5. The number of hydrogen-bond donors (Lipinski definition) is 0. The Labute approximate surface area is 137 Å². The van der Waals surface area contributed by atoms with E-state index in [-0.39, 0.29) is 22.9 Å². The molecule has 116 valence electrons. The van der Waals surface area contributed by atoms with Crippen molar-refractivity contribution in [1.29, 1.82) is 10.5 Å². The van der Waals surface area contributed by atoms with Gasteiger partial charge in [-0.25, -0.2) is 0 Å². The Balaban J connectivity index is 3.00. The SMILES string of the molecule is CN(C)C(=O)c1sc(C(=O)N(C)C)c2c(C#N)ccc(C#N)c12. The number of carbonyl (C=O) groups excluding carboxylic acids is 2. The van der Waals surface area contributed by atoms with Gasteiger partial charge in [0.25, 0.3) is 11.8 Å². The summed E-state index contributed by atoms with van der Waals surface area (Å²) in [5, 5.41) is 19.5. The molecule has 2 aromatic rings. The molecule has 1 aromatic carbocycles. The Morgan fingerprint density at radius 2 is 1.22 bits per heavy atom. The van der Waals surface area contributed by atoms with E-state index < -0.39 is 0 Å². The summed E-state index contributed by atoms with van der Waals surface area (Å²) >= 11 is 1.02. The number of hydrogen-bond acceptors (Lipinski definition) is 5. The van der Waals surface area contributed by atoms with Gasteiger partial charge in [0.2, 0.25) is 0 Å². The summed E-state index contributed by atoms with van der Waals surface area (Å²) in [5.41, 5.74) is 0.552. The van der Waals surface area contributed by atoms with E-state index >= 15 is 0 Å². The summed E-state index contributed by atoms with van der Waals surface area (Å²) in [6, 6.07) is 7.09. The fourth-order valence-corrected chi connectivity index (χ4v) is 3.54. The minimum atomic E-state index is -0.301. The molecule has 0 saturated heterocycles. The lowest BCUT2D eigenvalue weighted by Crippen LogP contribution is -2.21. The first-order chi connectivity index (χ1) is 10.8. The molecule has 0 aliphatic rings. The zero-order chi connectivity index (χ0) is 17.3. The van der Waals surface area contributed by atoms with Gasteiger partial charge in [-0.3, -0.25) is 9.59 Å². The Kier molecular flexibility index (Phi) is 4.35. The maximum atomic E-state index is 12.5. The molecule has 0 N–H and O–H groups in total. The van der Waals surface area contributed by atoms with Gasteiger partial charge >= 0.3 is 0 Å². The highest BCUT2D eigenvalue weighted by atomic mass is 32.1. The van der Waals surface area contributed by atoms with E-state index in [0.29, 0.717) is 20.5 Å². The van der Waals surface area contributed by atoms with Crippen LogP contribution in [0.25, 0.3) is 10.8 Å². The molecule has 0 unspecified atom stereocenters. The summed E-state index contributed by atoms with van der Waals surface area (Å²) < 4.78 is 0. The van der Waals surface area contributed by atoms with Crippen molar-refractivity contribution >= 4 is 33.9 Å². The highest BCUT2D eigenvalue weighted by molar-refractivity contribution is 7.18. The van der Waals surface area contributed by atoms with E-state index in [1.54, 1.807) is 28.2 Å². The normalized spacial score (nSPS) is 10.0. The van der Waals surface area contributed by atoms with Crippen LogP contribution in [0.4, 0.5) is 0 Å². The van der Waals surface area contributed by atoms with Crippen molar-refractivity contribution in [3.63, 3.8) is 0 Å². The standard InChI is InChI=1S/C16H14N4O2S/c1-19(2)15(21)13-11-9(7-17)5-6-10(8-18)12(11)14(23-13)16(22)20(3)4/h5-6H,1-4H3. The smallest absolute Gasteiger partial charge is 0.264 e. The van der Waals surface area contributed by atoms with Gasteiger partial charge in [0.15, 0.2) is 0 Å². The fourth-order valence-electron chi connectivity index (χ4n) is 2.17. The lowest BCUT2D eigenvalue weighted by Gasteiger charge is -2.09. The topological polar surface area (TPSA) is 88.2 Å². The zero-order valence-electron chi connectivity index (χ0n) is 13.2. The molecule has 2 amide bonds. The largest absolute Gasteiger partial charge is 0.344 e. The van der Waals surface area contributed by atoms with Crippen molar-refractivity contribution in [3.05, 3.63) is 33.0 Å². The summed E-state index contributed by atoms with van der Waals surface area (Å²) in [6.07, 6.45) is 0. The van der Waals surface area contributed by atoms with Crippen LogP contribution in [0.2, 0.25) is 0 Å². The highest BCUT2D eigenvalue weighted by Gasteiger charge is 2.27. The molecule has 0 fully saturated rings. The van der Waals surface area contributed by atoms with Gasteiger partial charge in [0.05, 0.1) is 23.3 Å². The van der Waals surface area contributed by atoms with Gasteiger partial charge in [0.1, 0.15) is 9.75 Å². The van der Waals surface area contributed by atoms with Gasteiger partial charge in [0, 0.05) is 39.0 Å². The molecule has 0 atom stereocenters. The molecule has 0 saturated carbocycles. The number of fused-ring (bicyclic) bond motifs is 1. The number of amides is 2. The first-order valence-electron chi connectivity index (χ1n) is 6.66. The van der Waals surface area contributed by atoms with Crippen LogP contribution in [0.15, 0.2) is 12.1 Å². The van der Waals surface area contributed by atoms with Crippen molar-refractivity contribution in [2.45, 2.75) is 0 Å². The average molecular weight is 326 g/mol. The molecule has 7 heteroatoms. The Hall–Kier alpha value is -2.90. The number of rotatable bonds is 2. The molecular formula is C16H14N4O2S. The highest BCUT2D eigenvalue weighted by Crippen LogP contribution is 2.37. The maximum Gasteiger partial charge on any atom is 0.264 e. The Bertz CT molecular complexity index is 825. The summed E-state index contributed by atoms with van der Waals surface area (Å²) in [4.78, 5) is 28.3. The Morgan fingerprint density at radius 3 is 1.48 bits per heavy atom. The van der Waals surface area contributed by atoms with Crippen LogP contribution in [-0.2, 0) is 0 Å². The third-order valence-electron chi connectivity index (χ3n) is 3.31. The van der Waals surface area contributed by atoms with E-state index in [1.165, 1.54) is 21.9 Å². The molecular weight excluding hydrogens is 312 g/mol. The number of nitriles is 2. The van der Waals surface area contributed by atoms with Gasteiger partial charge in [-0.15, -0.1) is 11.3 Å². The van der Waals surface area contributed by atoms with E-state index in [4.69, 9.17) is 0 Å². The van der Waals surface area contributed by atoms with Crippen molar-refractivity contribution in [2.75, 3.05) is 28.2 Å². The summed E-state index contributed by atoms with van der Waals surface area (Å²) in [6.45, 7) is 0. The second-order valence-corrected chi connectivity index (χ2v) is 6.31. The lowest BCUT2D eigenvalue weighted by molar-refractivity contribution is 0.0829. The molecule has 0 radical (unpaired) electrons. The van der Waals surface area contributed by atoms with Gasteiger partial charge in [-0.1, -0.05) is 0 Å². The van der Waals surface area contributed by atoms with Crippen LogP contribution in [0.5, 0.6) is 0 Å². The second-order valence-electron chi connectivity index (χ2n) is 5.29. The minimum Gasteiger partial charge on any atom is -0.344 e. The molecule has 23 heavy (non-hydrogen) atoms. The van der Waals surface area contributed by atoms with Crippen LogP contribution in [0.3, 0.4) is 0 Å². The van der Waals surface area contributed by atoms with Crippen LogP contribution in [0.1, 0.15) is 30.5 Å². The van der Waals surface area contributed by atoms with Gasteiger partial charge in [-0.2, -0.15) is 10.5 Å². The third kappa shape index (κ3) is 2.63. The van der Waals surface area contributed by atoms with Gasteiger partial charge < -0.3 is 9.80 Å². The van der Waals surface area contributed by atoms with Crippen molar-refractivity contribution in [2.24, 2.45) is 0 Å². The van der Waals surface area contributed by atoms with Crippen LogP contribution in [-0.4, -0.2) is 49.8 Å². The summed E-state index contributed by atoms with van der Waals surface area (Å²) in [5.74, 6) is -0.603. The first-order valence-corrected chi connectivity index (χ1v) is 7.48. The van der Waals surface area contributed by atoms with E-state index in [2.05, 4.69) is 0 Å². The fraction of sp³-hybridized carbons (Fsp3) is 0.250. The minimum absolute atomic E-state index is 0.276. The van der Waals surface area contributed by atoms with Crippen molar-refractivity contribution < 1.29 is 9.59 Å². The third-order valence-corrected chi connectivity index (χ3v) is 4.47. The average Bonchev–Trinajstić information content (AvgIpc) is 2.92. The molecule has 0 spiro atoms.